The number of nitrogens with zero attached hydrogens (tertiary/aromatic N) is 4. The van der Waals surface area contributed by atoms with Crippen LogP contribution < -0.4 is 4.72 Å². The number of H-pyrrole nitrogens is 1. The van der Waals surface area contributed by atoms with Crippen LogP contribution >= 0.6 is 0 Å². The van der Waals surface area contributed by atoms with Crippen molar-refractivity contribution < 1.29 is 13.2 Å². The fraction of sp³-hybridized carbons (Fsp3) is 0.417. The van der Waals surface area contributed by atoms with Gasteiger partial charge in [0.1, 0.15) is 6.04 Å². The minimum atomic E-state index is -3.51. The Morgan fingerprint density at radius 1 is 1.09 bits per heavy atom. The number of nitrogens with one attached hydrogen (secondary N) is 2. The first-order valence-electron chi connectivity index (χ1n) is 11.4. The Bertz CT molecular complexity index is 1180. The lowest BCUT2D eigenvalue weighted by atomic mass is 9.98. The van der Waals surface area contributed by atoms with Crippen LogP contribution in [0.3, 0.4) is 0 Å². The Kier molecular flexibility index (Phi) is 8.51. The third kappa shape index (κ3) is 6.71. The number of benzene rings is 2. The van der Waals surface area contributed by atoms with E-state index in [-0.39, 0.29) is 11.8 Å². The maximum Gasteiger partial charge on any atom is 0.241 e. The molecule has 10 heteroatoms. The molecular weight excluding hydrogens is 452 g/mol. The summed E-state index contributed by atoms with van der Waals surface area (Å²) in [6.07, 6.45) is 2.85. The van der Waals surface area contributed by atoms with Crippen LogP contribution in [0, 0.1) is 5.92 Å². The number of carbonyl (C=O) groups excluding carboxylic acids is 1. The standard InChI is InChI=1S/C24H32N6O3S/c1-5-6-15-30(24(31)22(17(2)3)27-34(4,32)33)16-18-11-13-19(14-12-18)20-9-7-8-10-21(20)23-25-28-29-26-23/h7-14,17,22,27H,5-6,15-16H2,1-4H3,(H,25,26,28,29). The molecule has 0 saturated heterocycles. The van der Waals surface area contributed by atoms with E-state index in [9.17, 15) is 13.2 Å². The minimum absolute atomic E-state index is 0.171. The van der Waals surface area contributed by atoms with Gasteiger partial charge in [-0.2, -0.15) is 5.21 Å². The van der Waals surface area contributed by atoms with Gasteiger partial charge in [0.15, 0.2) is 0 Å². The van der Waals surface area contributed by atoms with E-state index in [1.54, 1.807) is 4.90 Å². The maximum absolute atomic E-state index is 13.3. The molecule has 2 aromatic carbocycles. The summed E-state index contributed by atoms with van der Waals surface area (Å²) in [5.41, 5.74) is 3.81. The lowest BCUT2D eigenvalue weighted by Gasteiger charge is -2.29. The van der Waals surface area contributed by atoms with Gasteiger partial charge in [-0.05, 0) is 34.2 Å². The van der Waals surface area contributed by atoms with Gasteiger partial charge in [-0.15, -0.1) is 10.2 Å². The average Bonchev–Trinajstić information content (AvgIpc) is 3.34. The van der Waals surface area contributed by atoms with Crippen molar-refractivity contribution in [2.45, 2.75) is 46.2 Å². The number of sulfonamides is 1. The Balaban J connectivity index is 1.83. The van der Waals surface area contributed by atoms with Gasteiger partial charge in [0, 0.05) is 18.7 Å². The highest BCUT2D eigenvalue weighted by atomic mass is 32.2. The van der Waals surface area contributed by atoms with Crippen molar-refractivity contribution in [1.82, 2.24) is 30.2 Å². The van der Waals surface area contributed by atoms with E-state index in [1.165, 1.54) is 0 Å². The summed E-state index contributed by atoms with van der Waals surface area (Å²) in [6.45, 7) is 6.71. The molecule has 0 radical (unpaired) electrons. The molecule has 1 unspecified atom stereocenters. The summed E-state index contributed by atoms with van der Waals surface area (Å²) >= 11 is 0. The second-order valence-electron chi connectivity index (χ2n) is 8.70. The molecule has 0 aliphatic carbocycles. The van der Waals surface area contributed by atoms with E-state index in [4.69, 9.17) is 0 Å². The van der Waals surface area contributed by atoms with Crippen LogP contribution in [0.15, 0.2) is 48.5 Å². The van der Waals surface area contributed by atoms with Gasteiger partial charge in [0.2, 0.25) is 21.8 Å². The van der Waals surface area contributed by atoms with Gasteiger partial charge < -0.3 is 4.90 Å². The van der Waals surface area contributed by atoms with Crippen molar-refractivity contribution in [3.63, 3.8) is 0 Å². The molecule has 3 rings (SSSR count). The first kappa shape index (κ1) is 25.5. The zero-order chi connectivity index (χ0) is 24.7. The molecule has 9 nitrogen and oxygen atoms in total. The summed E-state index contributed by atoms with van der Waals surface area (Å²) in [7, 11) is -3.51. The molecule has 2 N–H and O–H groups in total. The summed E-state index contributed by atoms with van der Waals surface area (Å²) in [6, 6.07) is 15.0. The number of tetrazole rings is 1. The van der Waals surface area contributed by atoms with Gasteiger partial charge in [-0.25, -0.2) is 13.1 Å². The fourth-order valence-electron chi connectivity index (χ4n) is 3.73. The highest BCUT2D eigenvalue weighted by molar-refractivity contribution is 7.88. The van der Waals surface area contributed by atoms with E-state index < -0.39 is 16.1 Å². The van der Waals surface area contributed by atoms with Gasteiger partial charge in [0.25, 0.3) is 0 Å². The van der Waals surface area contributed by atoms with E-state index in [1.807, 2.05) is 62.4 Å². The maximum atomic E-state index is 13.3. The third-order valence-electron chi connectivity index (χ3n) is 5.52. The molecule has 0 aliphatic rings. The molecule has 1 aromatic heterocycles. The van der Waals surface area contributed by atoms with E-state index in [0.29, 0.717) is 18.9 Å². The lowest BCUT2D eigenvalue weighted by Crippen LogP contribution is -2.50. The molecule has 0 saturated carbocycles. The molecule has 3 aromatic rings. The molecule has 0 aliphatic heterocycles. The second kappa shape index (κ2) is 11.3. The predicted molar refractivity (Wildman–Crippen MR) is 132 cm³/mol. The van der Waals surface area contributed by atoms with Crippen LogP contribution in [0.5, 0.6) is 0 Å². The van der Waals surface area contributed by atoms with Crippen molar-refractivity contribution in [3.05, 3.63) is 54.1 Å². The molecule has 0 fully saturated rings. The quantitative estimate of drug-likeness (QED) is 0.431. The molecule has 0 spiro atoms. The van der Waals surface area contributed by atoms with Gasteiger partial charge in [-0.3, -0.25) is 4.79 Å². The second-order valence-corrected chi connectivity index (χ2v) is 10.5. The first-order valence-corrected chi connectivity index (χ1v) is 13.3. The smallest absolute Gasteiger partial charge is 0.241 e. The van der Waals surface area contributed by atoms with Crippen molar-refractivity contribution in [1.29, 1.82) is 0 Å². The Labute approximate surface area is 201 Å². The van der Waals surface area contributed by atoms with E-state index in [2.05, 4.69) is 32.3 Å². The number of aromatic nitrogens is 4. The van der Waals surface area contributed by atoms with Crippen LogP contribution in [0.25, 0.3) is 22.5 Å². The van der Waals surface area contributed by atoms with Crippen LogP contribution in [0.4, 0.5) is 0 Å². The predicted octanol–water partition coefficient (Wildman–Crippen LogP) is 3.24. The highest BCUT2D eigenvalue weighted by Gasteiger charge is 2.29. The topological polar surface area (TPSA) is 121 Å². The van der Waals surface area contributed by atoms with E-state index >= 15 is 0 Å². The number of aromatic amines is 1. The summed E-state index contributed by atoms with van der Waals surface area (Å²) < 4.78 is 26.2. The molecule has 182 valence electrons. The minimum Gasteiger partial charge on any atom is -0.337 e. The normalized spacial score (nSPS) is 12.6. The van der Waals surface area contributed by atoms with Gasteiger partial charge >= 0.3 is 0 Å². The zero-order valence-corrected chi connectivity index (χ0v) is 20.8. The third-order valence-corrected chi connectivity index (χ3v) is 6.20. The van der Waals surface area contributed by atoms with Crippen LogP contribution in [-0.2, 0) is 21.4 Å². The number of carbonyl (C=O) groups is 1. The van der Waals surface area contributed by atoms with Gasteiger partial charge in [-0.1, -0.05) is 75.7 Å². The van der Waals surface area contributed by atoms with Crippen LogP contribution in [0.2, 0.25) is 0 Å². The van der Waals surface area contributed by atoms with Crippen molar-refractivity contribution in [3.8, 4) is 22.5 Å². The number of hydrogen-bond acceptors (Lipinski definition) is 6. The number of rotatable bonds is 11. The summed E-state index contributed by atoms with van der Waals surface area (Å²) in [5, 5.41) is 14.3. The average molecular weight is 485 g/mol. The largest absolute Gasteiger partial charge is 0.337 e. The van der Waals surface area contributed by atoms with Crippen LogP contribution in [0.1, 0.15) is 39.2 Å². The Morgan fingerprint density at radius 3 is 2.32 bits per heavy atom. The Hall–Kier alpha value is -3.11. The fourth-order valence-corrected chi connectivity index (χ4v) is 4.57. The Morgan fingerprint density at radius 2 is 1.76 bits per heavy atom. The van der Waals surface area contributed by atoms with Crippen molar-refractivity contribution in [2.24, 2.45) is 5.92 Å². The van der Waals surface area contributed by atoms with Crippen molar-refractivity contribution >= 4 is 15.9 Å². The summed E-state index contributed by atoms with van der Waals surface area (Å²) in [4.78, 5) is 15.1. The molecule has 1 atom stereocenters. The number of hydrogen-bond donors (Lipinski definition) is 2. The highest BCUT2D eigenvalue weighted by Crippen LogP contribution is 2.30. The molecule has 0 bridgehead atoms. The molecular formula is C24H32N6O3S. The van der Waals surface area contributed by atoms with E-state index in [0.717, 1.165) is 41.4 Å². The van der Waals surface area contributed by atoms with Gasteiger partial charge in [0.05, 0.1) is 6.26 Å². The molecule has 1 amide bonds. The zero-order valence-electron chi connectivity index (χ0n) is 20.0. The number of unbranched alkanes of at least 4 members (excludes halogenated alkanes) is 1. The van der Waals surface area contributed by atoms with Crippen LogP contribution in [-0.4, -0.2) is 58.7 Å². The lowest BCUT2D eigenvalue weighted by molar-refractivity contribution is -0.134. The first-order chi connectivity index (χ1) is 16.2. The van der Waals surface area contributed by atoms with Crippen molar-refractivity contribution in [2.75, 3.05) is 12.8 Å². The SMILES string of the molecule is CCCCN(Cc1ccc(-c2ccccc2-c2nn[nH]n2)cc1)C(=O)C(NS(C)(=O)=O)C(C)C. The summed E-state index contributed by atoms with van der Waals surface area (Å²) in [5.74, 6) is 0.143. The molecule has 1 heterocycles. The monoisotopic (exact) mass is 484 g/mol. The number of amides is 1. The molecule has 34 heavy (non-hydrogen) atoms.